The van der Waals surface area contributed by atoms with Crippen LogP contribution in [0, 0.1) is 0 Å². The minimum absolute atomic E-state index is 0.174. The number of rotatable bonds is 1. The van der Waals surface area contributed by atoms with E-state index in [1.807, 2.05) is 16.7 Å². The summed E-state index contributed by atoms with van der Waals surface area (Å²) in [5.74, 6) is 2.54. The lowest BCUT2D eigenvalue weighted by Crippen LogP contribution is -2.43. The first-order chi connectivity index (χ1) is 6.29. The molecule has 2 fully saturated rings. The number of amides is 1. The van der Waals surface area contributed by atoms with E-state index < -0.39 is 0 Å². The minimum Gasteiger partial charge on any atom is -0.337 e. The van der Waals surface area contributed by atoms with Gasteiger partial charge in [-0.15, -0.1) is 0 Å². The zero-order valence-electron chi connectivity index (χ0n) is 7.74. The highest BCUT2D eigenvalue weighted by molar-refractivity contribution is 7.99. The van der Waals surface area contributed by atoms with E-state index in [9.17, 15) is 4.79 Å². The lowest BCUT2D eigenvalue weighted by atomic mass is 10.1. The highest BCUT2D eigenvalue weighted by Crippen LogP contribution is 2.24. The Labute approximate surface area is 83.0 Å². The largest absolute Gasteiger partial charge is 0.337 e. The van der Waals surface area contributed by atoms with Crippen LogP contribution >= 0.6 is 11.8 Å². The standard InChI is InChI=1S/C9H16N2OS/c10-8-3-4-11(9(8)12)7-2-1-5-13-6-7/h7-8H,1-6,10H2. The van der Waals surface area contributed by atoms with E-state index in [1.54, 1.807) is 0 Å². The van der Waals surface area contributed by atoms with Crippen molar-refractivity contribution in [2.24, 2.45) is 5.73 Å². The lowest BCUT2D eigenvalue weighted by Gasteiger charge is -2.30. The van der Waals surface area contributed by atoms with E-state index in [0.717, 1.165) is 18.7 Å². The van der Waals surface area contributed by atoms with Crippen LogP contribution in [0.15, 0.2) is 0 Å². The summed E-state index contributed by atoms with van der Waals surface area (Å²) in [6.07, 6.45) is 3.26. The van der Waals surface area contributed by atoms with E-state index in [4.69, 9.17) is 5.73 Å². The summed E-state index contributed by atoms with van der Waals surface area (Å²) in [7, 11) is 0. The molecule has 0 aromatic carbocycles. The normalized spacial score (nSPS) is 35.5. The summed E-state index contributed by atoms with van der Waals surface area (Å²) in [4.78, 5) is 13.6. The van der Waals surface area contributed by atoms with Crippen molar-refractivity contribution in [3.8, 4) is 0 Å². The van der Waals surface area contributed by atoms with Crippen LogP contribution in [0.4, 0.5) is 0 Å². The molecule has 3 nitrogen and oxygen atoms in total. The van der Waals surface area contributed by atoms with Crippen LogP contribution in [-0.4, -0.2) is 40.9 Å². The first-order valence-corrected chi connectivity index (χ1v) is 6.08. The number of carbonyl (C=O) groups excluding carboxylic acids is 1. The summed E-state index contributed by atoms with van der Waals surface area (Å²) in [6, 6.07) is 0.256. The number of thioether (sulfide) groups is 1. The van der Waals surface area contributed by atoms with Crippen LogP contribution in [0.25, 0.3) is 0 Å². The third kappa shape index (κ3) is 1.83. The van der Waals surface area contributed by atoms with E-state index in [-0.39, 0.29) is 11.9 Å². The minimum atomic E-state index is -0.216. The Balaban J connectivity index is 1.96. The topological polar surface area (TPSA) is 46.3 Å². The molecule has 4 heteroatoms. The van der Waals surface area contributed by atoms with Gasteiger partial charge in [-0.1, -0.05) is 0 Å². The van der Waals surface area contributed by atoms with E-state index in [2.05, 4.69) is 0 Å². The Morgan fingerprint density at radius 2 is 2.31 bits per heavy atom. The number of likely N-dealkylation sites (tertiary alicyclic amines) is 1. The summed E-state index contributed by atoms with van der Waals surface area (Å²) >= 11 is 1.96. The van der Waals surface area contributed by atoms with Gasteiger partial charge in [0.25, 0.3) is 0 Å². The molecule has 2 rings (SSSR count). The average molecular weight is 200 g/mol. The second-order valence-corrected chi connectivity index (χ2v) is 4.95. The summed E-state index contributed by atoms with van der Waals surface area (Å²) in [6.45, 7) is 0.880. The predicted molar refractivity (Wildman–Crippen MR) is 54.7 cm³/mol. The second-order valence-electron chi connectivity index (χ2n) is 3.80. The molecule has 2 unspecified atom stereocenters. The smallest absolute Gasteiger partial charge is 0.239 e. The molecule has 2 atom stereocenters. The molecule has 0 aromatic rings. The molecule has 0 spiro atoms. The molecule has 2 heterocycles. The number of carbonyl (C=O) groups is 1. The SMILES string of the molecule is NC1CCN(C2CCCSC2)C1=O. The highest BCUT2D eigenvalue weighted by Gasteiger charge is 2.33. The first kappa shape index (κ1) is 9.34. The van der Waals surface area contributed by atoms with Crippen molar-refractivity contribution in [3.05, 3.63) is 0 Å². The third-order valence-corrected chi connectivity index (χ3v) is 4.06. The van der Waals surface area contributed by atoms with E-state index >= 15 is 0 Å². The number of hydrogen-bond acceptors (Lipinski definition) is 3. The zero-order valence-corrected chi connectivity index (χ0v) is 8.55. The van der Waals surface area contributed by atoms with Crippen molar-refractivity contribution >= 4 is 17.7 Å². The van der Waals surface area contributed by atoms with Gasteiger partial charge in [0.2, 0.25) is 5.91 Å². The van der Waals surface area contributed by atoms with Gasteiger partial charge in [-0.2, -0.15) is 11.8 Å². The molecule has 0 aromatic heterocycles. The van der Waals surface area contributed by atoms with Gasteiger partial charge < -0.3 is 10.6 Å². The monoisotopic (exact) mass is 200 g/mol. The van der Waals surface area contributed by atoms with Crippen molar-refractivity contribution in [2.75, 3.05) is 18.1 Å². The highest BCUT2D eigenvalue weighted by atomic mass is 32.2. The molecule has 13 heavy (non-hydrogen) atoms. The maximum absolute atomic E-state index is 11.6. The molecule has 0 bridgehead atoms. The van der Waals surface area contributed by atoms with Crippen molar-refractivity contribution in [3.63, 3.8) is 0 Å². The van der Waals surface area contributed by atoms with Crippen LogP contribution in [-0.2, 0) is 4.79 Å². The summed E-state index contributed by atoms with van der Waals surface area (Å²) in [5, 5.41) is 0. The molecule has 2 saturated heterocycles. The van der Waals surface area contributed by atoms with Gasteiger partial charge in [0, 0.05) is 18.3 Å². The summed E-state index contributed by atoms with van der Waals surface area (Å²) < 4.78 is 0. The quantitative estimate of drug-likeness (QED) is 0.668. The van der Waals surface area contributed by atoms with Gasteiger partial charge in [-0.05, 0) is 25.0 Å². The molecule has 0 aliphatic carbocycles. The molecular formula is C9H16N2OS. The van der Waals surface area contributed by atoms with Crippen molar-refractivity contribution in [1.82, 2.24) is 4.90 Å². The van der Waals surface area contributed by atoms with Crippen molar-refractivity contribution in [2.45, 2.75) is 31.3 Å². The molecule has 1 amide bonds. The van der Waals surface area contributed by atoms with E-state index in [0.29, 0.717) is 6.04 Å². The molecule has 2 N–H and O–H groups in total. The molecule has 0 saturated carbocycles. The van der Waals surface area contributed by atoms with Crippen LogP contribution in [0.5, 0.6) is 0 Å². The van der Waals surface area contributed by atoms with Crippen molar-refractivity contribution < 1.29 is 4.79 Å². The zero-order chi connectivity index (χ0) is 9.26. The second kappa shape index (κ2) is 3.88. The van der Waals surface area contributed by atoms with Crippen LogP contribution in [0.3, 0.4) is 0 Å². The average Bonchev–Trinajstić information content (AvgIpc) is 2.49. The molecule has 0 radical (unpaired) electrons. The van der Waals surface area contributed by atoms with Gasteiger partial charge in [-0.3, -0.25) is 4.79 Å². The lowest BCUT2D eigenvalue weighted by molar-refractivity contribution is -0.130. The van der Waals surface area contributed by atoms with E-state index in [1.165, 1.54) is 18.6 Å². The Bertz CT molecular complexity index is 204. The Morgan fingerprint density at radius 3 is 2.85 bits per heavy atom. The number of hydrogen-bond donors (Lipinski definition) is 1. The maximum Gasteiger partial charge on any atom is 0.239 e. The summed E-state index contributed by atoms with van der Waals surface area (Å²) in [5.41, 5.74) is 5.68. The fourth-order valence-electron chi connectivity index (χ4n) is 2.06. The van der Waals surface area contributed by atoms with Gasteiger partial charge in [0.05, 0.1) is 6.04 Å². The molecule has 74 valence electrons. The number of nitrogens with two attached hydrogens (primary N) is 1. The predicted octanol–water partition coefficient (Wildman–Crippen LogP) is 0.442. The van der Waals surface area contributed by atoms with Gasteiger partial charge >= 0.3 is 0 Å². The first-order valence-electron chi connectivity index (χ1n) is 4.93. The Hall–Kier alpha value is -0.220. The Kier molecular flexibility index (Phi) is 2.79. The fraction of sp³-hybridized carbons (Fsp3) is 0.889. The van der Waals surface area contributed by atoms with Gasteiger partial charge in [0.15, 0.2) is 0 Å². The van der Waals surface area contributed by atoms with Gasteiger partial charge in [-0.25, -0.2) is 0 Å². The van der Waals surface area contributed by atoms with Crippen LogP contribution < -0.4 is 5.73 Å². The van der Waals surface area contributed by atoms with Crippen molar-refractivity contribution in [1.29, 1.82) is 0 Å². The van der Waals surface area contributed by atoms with Crippen LogP contribution in [0.2, 0.25) is 0 Å². The fourth-order valence-corrected chi connectivity index (χ4v) is 3.21. The van der Waals surface area contributed by atoms with Crippen LogP contribution in [0.1, 0.15) is 19.3 Å². The molecule has 2 aliphatic rings. The molecule has 2 aliphatic heterocycles. The number of nitrogens with zero attached hydrogens (tertiary/aromatic N) is 1. The Morgan fingerprint density at radius 1 is 1.46 bits per heavy atom. The maximum atomic E-state index is 11.6. The van der Waals surface area contributed by atoms with Gasteiger partial charge in [0.1, 0.15) is 0 Å². The third-order valence-electron chi connectivity index (χ3n) is 2.86. The molecular weight excluding hydrogens is 184 g/mol.